The molecule has 1 saturated heterocycles. The maximum absolute atomic E-state index is 13.7. The van der Waals surface area contributed by atoms with Gasteiger partial charge < -0.3 is 24.8 Å². The van der Waals surface area contributed by atoms with E-state index in [0.717, 1.165) is 18.4 Å². The highest BCUT2D eigenvalue weighted by atomic mass is 16.6. The molecule has 41 heavy (non-hydrogen) atoms. The van der Waals surface area contributed by atoms with E-state index in [2.05, 4.69) is 18.9 Å². The molecule has 11 nitrogen and oxygen atoms in total. The van der Waals surface area contributed by atoms with Gasteiger partial charge in [0.15, 0.2) is 11.5 Å². The largest absolute Gasteiger partial charge is 0.472 e. The first kappa shape index (κ1) is 30.0. The maximum Gasteiger partial charge on any atom is 0.420 e. The van der Waals surface area contributed by atoms with Crippen LogP contribution in [0, 0.1) is 0 Å². The van der Waals surface area contributed by atoms with Gasteiger partial charge in [-0.05, 0) is 78.5 Å². The maximum atomic E-state index is 13.7. The molecular weight excluding hydrogens is 524 g/mol. The van der Waals surface area contributed by atoms with Gasteiger partial charge in [0.25, 0.3) is 0 Å². The summed E-state index contributed by atoms with van der Waals surface area (Å²) < 4.78 is 19.4. The predicted molar refractivity (Wildman–Crippen MR) is 158 cm³/mol. The number of carbonyl (C=O) groups is 2. The molecule has 4 rings (SSSR count). The minimum atomic E-state index is -0.748. The van der Waals surface area contributed by atoms with E-state index in [-0.39, 0.29) is 18.1 Å². The Hall–Kier alpha value is -4.02. The first-order valence-corrected chi connectivity index (χ1v) is 14.0. The van der Waals surface area contributed by atoms with E-state index in [1.807, 2.05) is 41.5 Å². The summed E-state index contributed by atoms with van der Waals surface area (Å²) in [5.74, 6) is 0.808. The van der Waals surface area contributed by atoms with Crippen molar-refractivity contribution in [2.75, 3.05) is 23.7 Å². The van der Waals surface area contributed by atoms with Crippen molar-refractivity contribution in [1.82, 2.24) is 19.5 Å². The van der Waals surface area contributed by atoms with Crippen LogP contribution < -0.4 is 15.4 Å². The Morgan fingerprint density at radius 2 is 1.78 bits per heavy atom. The van der Waals surface area contributed by atoms with E-state index in [1.165, 1.54) is 4.90 Å². The number of anilines is 3. The van der Waals surface area contributed by atoms with E-state index in [9.17, 15) is 9.59 Å². The number of carbonyl (C=O) groups excluding carboxylic acids is 2. The normalized spacial score (nSPS) is 16.1. The number of nitrogens with zero attached hydrogens (tertiary/aromatic N) is 5. The van der Waals surface area contributed by atoms with Crippen LogP contribution in [0.25, 0.3) is 5.65 Å². The van der Waals surface area contributed by atoms with Crippen LogP contribution in [-0.4, -0.2) is 62.1 Å². The van der Waals surface area contributed by atoms with Crippen LogP contribution in [0.1, 0.15) is 79.7 Å². The highest BCUT2D eigenvalue weighted by Gasteiger charge is 2.31. The number of aromatic nitrogens is 3. The van der Waals surface area contributed by atoms with Crippen LogP contribution in [0.5, 0.6) is 5.88 Å². The molecule has 0 aliphatic carbocycles. The molecule has 2 aromatic heterocycles. The van der Waals surface area contributed by atoms with Gasteiger partial charge in [-0.1, -0.05) is 19.9 Å². The molecule has 1 aromatic carbocycles. The van der Waals surface area contributed by atoms with Crippen LogP contribution >= 0.6 is 0 Å². The highest BCUT2D eigenvalue weighted by molar-refractivity contribution is 5.96. The predicted octanol–water partition coefficient (Wildman–Crippen LogP) is 6.29. The van der Waals surface area contributed by atoms with Crippen molar-refractivity contribution in [3.8, 4) is 5.88 Å². The number of likely N-dealkylation sites (tertiary alicyclic amines) is 1. The Morgan fingerprint density at radius 1 is 1.07 bits per heavy atom. The second-order valence-corrected chi connectivity index (χ2v) is 12.7. The molecule has 1 aliphatic rings. The number of ether oxygens (including phenoxy) is 3. The third kappa shape index (κ3) is 7.39. The molecule has 3 heterocycles. The quantitative estimate of drug-likeness (QED) is 0.358. The minimum Gasteiger partial charge on any atom is -0.472 e. The number of rotatable bonds is 5. The van der Waals surface area contributed by atoms with Crippen LogP contribution in [-0.2, 0) is 9.47 Å². The van der Waals surface area contributed by atoms with E-state index >= 15 is 0 Å². The lowest BCUT2D eigenvalue weighted by atomic mass is 10.1. The molecular formula is C30H42N6O5. The van der Waals surface area contributed by atoms with Crippen LogP contribution in [0.15, 0.2) is 36.5 Å². The molecule has 0 unspecified atom stereocenters. The molecule has 1 fully saturated rings. The van der Waals surface area contributed by atoms with Gasteiger partial charge in [-0.25, -0.2) is 14.5 Å². The first-order chi connectivity index (χ1) is 19.1. The monoisotopic (exact) mass is 566 g/mol. The van der Waals surface area contributed by atoms with Crippen LogP contribution in [0.3, 0.4) is 0 Å². The molecule has 0 saturated carbocycles. The summed E-state index contributed by atoms with van der Waals surface area (Å²) in [6, 6.07) is 8.66. The highest BCUT2D eigenvalue weighted by Crippen LogP contribution is 2.34. The van der Waals surface area contributed by atoms with Crippen molar-refractivity contribution < 1.29 is 23.8 Å². The van der Waals surface area contributed by atoms with Gasteiger partial charge in [0, 0.05) is 23.9 Å². The summed E-state index contributed by atoms with van der Waals surface area (Å²) in [5.41, 5.74) is 7.22. The summed E-state index contributed by atoms with van der Waals surface area (Å²) in [5, 5.41) is 4.59. The van der Waals surface area contributed by atoms with Crippen molar-refractivity contribution >= 4 is 35.0 Å². The topological polar surface area (TPSA) is 125 Å². The Balaban J connectivity index is 1.77. The smallest absolute Gasteiger partial charge is 0.420 e. The molecule has 2 N–H and O–H groups in total. The van der Waals surface area contributed by atoms with E-state index in [1.54, 1.807) is 45.9 Å². The van der Waals surface area contributed by atoms with E-state index < -0.39 is 17.3 Å². The van der Waals surface area contributed by atoms with Gasteiger partial charge in [0.1, 0.15) is 17.3 Å². The number of piperidine rings is 1. The molecule has 1 atom stereocenters. The number of nitrogen functional groups attached to an aromatic ring is 1. The third-order valence-electron chi connectivity index (χ3n) is 6.33. The minimum absolute atomic E-state index is 0.114. The Labute approximate surface area is 241 Å². The van der Waals surface area contributed by atoms with E-state index in [4.69, 9.17) is 24.9 Å². The first-order valence-electron chi connectivity index (χ1n) is 14.0. The standard InChI is InChI=1S/C30H42N6O5/c1-19(2)23-17-32-36-25(35(28(38)41-30(6,7)8)21-12-9-11-20(31)15-21)16-24(33-26(23)36)39-22-13-10-14-34(18-22)27(37)40-29(3,4)5/h9,11-12,15-17,19,22H,10,13-14,18,31H2,1-8H3/t22-/m0/s1. The zero-order chi connectivity index (χ0) is 30.1. The lowest BCUT2D eigenvalue weighted by molar-refractivity contribution is 0.00721. The average Bonchev–Trinajstić information content (AvgIpc) is 3.27. The molecule has 11 heteroatoms. The molecule has 3 aromatic rings. The number of hydrogen-bond acceptors (Lipinski definition) is 8. The second-order valence-electron chi connectivity index (χ2n) is 12.7. The fourth-order valence-electron chi connectivity index (χ4n) is 4.57. The van der Waals surface area contributed by atoms with Gasteiger partial charge in [-0.3, -0.25) is 0 Å². The number of benzene rings is 1. The SMILES string of the molecule is CC(C)c1cnn2c(N(C(=O)OC(C)(C)C)c3cccc(N)c3)cc(O[C@H]3CCCN(C(=O)OC(C)(C)C)C3)nc12. The lowest BCUT2D eigenvalue weighted by Gasteiger charge is -2.34. The molecule has 2 amide bonds. The van der Waals surface area contributed by atoms with Crippen molar-refractivity contribution in [1.29, 1.82) is 0 Å². The Bertz CT molecular complexity index is 1400. The average molecular weight is 567 g/mol. The second kappa shape index (κ2) is 11.5. The molecule has 1 aliphatic heterocycles. The molecule has 0 radical (unpaired) electrons. The van der Waals surface area contributed by atoms with Crippen molar-refractivity contribution in [2.45, 2.75) is 91.5 Å². The van der Waals surface area contributed by atoms with Gasteiger partial charge in [-0.15, -0.1) is 0 Å². The summed E-state index contributed by atoms with van der Waals surface area (Å²) >= 11 is 0. The van der Waals surface area contributed by atoms with Crippen molar-refractivity contribution in [2.24, 2.45) is 0 Å². The third-order valence-corrected chi connectivity index (χ3v) is 6.33. The lowest BCUT2D eigenvalue weighted by Crippen LogP contribution is -2.46. The molecule has 0 bridgehead atoms. The molecule has 222 valence electrons. The van der Waals surface area contributed by atoms with E-state index in [0.29, 0.717) is 41.8 Å². The van der Waals surface area contributed by atoms with Gasteiger partial charge in [0.2, 0.25) is 5.88 Å². The van der Waals surface area contributed by atoms with Gasteiger partial charge in [-0.2, -0.15) is 14.6 Å². The van der Waals surface area contributed by atoms with Crippen molar-refractivity contribution in [3.05, 3.63) is 42.1 Å². The zero-order valence-corrected chi connectivity index (χ0v) is 25.3. The van der Waals surface area contributed by atoms with Crippen molar-refractivity contribution in [3.63, 3.8) is 0 Å². The van der Waals surface area contributed by atoms with Crippen LogP contribution in [0.2, 0.25) is 0 Å². The summed E-state index contributed by atoms with van der Waals surface area (Å²) in [7, 11) is 0. The van der Waals surface area contributed by atoms with Gasteiger partial charge >= 0.3 is 12.2 Å². The summed E-state index contributed by atoms with van der Waals surface area (Å²) in [4.78, 5) is 34.3. The number of fused-ring (bicyclic) bond motifs is 1. The number of nitrogens with two attached hydrogens (primary N) is 1. The summed E-state index contributed by atoms with van der Waals surface area (Å²) in [6.07, 6.45) is 1.96. The van der Waals surface area contributed by atoms with Gasteiger partial charge in [0.05, 0.1) is 18.4 Å². The fraction of sp³-hybridized carbons (Fsp3) is 0.533. The Kier molecular flexibility index (Phi) is 8.37. The fourth-order valence-corrected chi connectivity index (χ4v) is 4.57. The number of hydrogen-bond donors (Lipinski definition) is 1. The summed E-state index contributed by atoms with van der Waals surface area (Å²) in [6.45, 7) is 16.0. The number of amides is 2. The molecule has 0 spiro atoms. The Morgan fingerprint density at radius 3 is 2.41 bits per heavy atom. The van der Waals surface area contributed by atoms with Crippen LogP contribution in [0.4, 0.5) is 26.8 Å². The zero-order valence-electron chi connectivity index (χ0n) is 25.3.